The van der Waals surface area contributed by atoms with Gasteiger partial charge in [-0.25, -0.2) is 0 Å². The number of hydrogen-bond donors (Lipinski definition) is 1. The van der Waals surface area contributed by atoms with Crippen molar-refractivity contribution in [3.05, 3.63) is 0 Å². The third kappa shape index (κ3) is 3.03. The maximum absolute atomic E-state index is 11.3. The summed E-state index contributed by atoms with van der Waals surface area (Å²) in [5, 5.41) is 9.69. The first-order chi connectivity index (χ1) is 9.28. The van der Waals surface area contributed by atoms with Crippen LogP contribution < -0.4 is 0 Å². The highest BCUT2D eigenvalue weighted by Crippen LogP contribution is 2.55. The summed E-state index contributed by atoms with van der Waals surface area (Å²) in [6.45, 7) is 8.28. The Morgan fingerprint density at radius 2 is 2.05 bits per heavy atom. The lowest BCUT2D eigenvalue weighted by Gasteiger charge is -2.53. The molecule has 0 aromatic rings. The quantitative estimate of drug-likeness (QED) is 0.805. The van der Waals surface area contributed by atoms with E-state index >= 15 is 0 Å². The van der Waals surface area contributed by atoms with Gasteiger partial charge in [-0.15, -0.1) is 0 Å². The van der Waals surface area contributed by atoms with Gasteiger partial charge in [0.2, 0.25) is 0 Å². The number of carbonyl (C=O) groups is 1. The lowest BCUT2D eigenvalue weighted by Crippen LogP contribution is -2.48. The summed E-state index contributed by atoms with van der Waals surface area (Å²) in [6.07, 6.45) is 7.10. The van der Waals surface area contributed by atoms with Gasteiger partial charge in [-0.3, -0.25) is 4.79 Å². The van der Waals surface area contributed by atoms with Crippen molar-refractivity contribution in [1.29, 1.82) is 0 Å². The number of carbonyl (C=O) groups excluding carboxylic acids is 1. The Morgan fingerprint density at radius 1 is 1.35 bits per heavy atom. The van der Waals surface area contributed by atoms with Crippen LogP contribution in [-0.4, -0.2) is 23.3 Å². The lowest BCUT2D eigenvalue weighted by molar-refractivity contribution is -0.164. The Labute approximate surface area is 123 Å². The van der Waals surface area contributed by atoms with Crippen LogP contribution in [0.3, 0.4) is 0 Å². The number of fused-ring (bicyclic) bond motifs is 1. The van der Waals surface area contributed by atoms with Gasteiger partial charge < -0.3 is 9.84 Å². The number of aliphatic hydroxyl groups excluding tert-OH is 1. The maximum Gasteiger partial charge on any atom is 0.303 e. The van der Waals surface area contributed by atoms with Crippen LogP contribution >= 0.6 is 0 Å². The molecular weight excluding hydrogens is 252 g/mol. The molecule has 1 N–H and O–H groups in total. The first-order valence-electron chi connectivity index (χ1n) is 8.09. The minimum Gasteiger partial charge on any atom is -0.460 e. The first-order valence-corrected chi connectivity index (χ1v) is 8.09. The van der Waals surface area contributed by atoms with Crippen LogP contribution in [-0.2, 0) is 9.53 Å². The molecule has 2 aliphatic rings. The Balaban J connectivity index is 2.12. The van der Waals surface area contributed by atoms with Gasteiger partial charge in [0, 0.05) is 13.5 Å². The zero-order valence-corrected chi connectivity index (χ0v) is 13.4. The van der Waals surface area contributed by atoms with Gasteiger partial charge in [0.25, 0.3) is 0 Å². The maximum atomic E-state index is 11.3. The van der Waals surface area contributed by atoms with Crippen molar-refractivity contribution >= 4 is 5.97 Å². The van der Waals surface area contributed by atoms with E-state index in [1.165, 1.54) is 26.2 Å². The fraction of sp³-hybridized carbons (Fsp3) is 0.941. The van der Waals surface area contributed by atoms with Crippen LogP contribution in [0.2, 0.25) is 0 Å². The second-order valence-electron chi connectivity index (χ2n) is 7.76. The van der Waals surface area contributed by atoms with E-state index in [1.54, 1.807) is 0 Å². The van der Waals surface area contributed by atoms with E-state index in [0.29, 0.717) is 29.8 Å². The van der Waals surface area contributed by atoms with Crippen LogP contribution in [0.4, 0.5) is 0 Å². The normalized spacial score (nSPS) is 38.1. The van der Waals surface area contributed by atoms with E-state index in [9.17, 15) is 9.90 Å². The summed E-state index contributed by atoms with van der Waals surface area (Å²) >= 11 is 0. The second kappa shape index (κ2) is 5.67. The molecule has 3 nitrogen and oxygen atoms in total. The van der Waals surface area contributed by atoms with Crippen LogP contribution in [0.25, 0.3) is 0 Å². The molecular formula is C17H30O3. The molecule has 0 aliphatic heterocycles. The third-order valence-electron chi connectivity index (χ3n) is 6.01. The van der Waals surface area contributed by atoms with E-state index in [-0.39, 0.29) is 11.6 Å². The minimum absolute atomic E-state index is 0.189. The largest absolute Gasteiger partial charge is 0.460 e. The molecule has 2 rings (SSSR count). The molecule has 0 spiro atoms. The predicted octanol–water partition coefficient (Wildman–Crippen LogP) is 3.54. The van der Waals surface area contributed by atoms with Crippen molar-refractivity contribution in [1.82, 2.24) is 0 Å². The second-order valence-corrected chi connectivity index (χ2v) is 7.76. The Kier molecular flexibility index (Phi) is 4.48. The van der Waals surface area contributed by atoms with E-state index in [2.05, 4.69) is 6.92 Å². The van der Waals surface area contributed by atoms with Crippen molar-refractivity contribution in [3.8, 4) is 0 Å². The van der Waals surface area contributed by atoms with Gasteiger partial charge in [-0.05, 0) is 69.1 Å². The van der Waals surface area contributed by atoms with Crippen molar-refractivity contribution in [3.63, 3.8) is 0 Å². The summed E-state index contributed by atoms with van der Waals surface area (Å²) in [6, 6.07) is 0. The van der Waals surface area contributed by atoms with Gasteiger partial charge in [-0.2, -0.15) is 0 Å². The summed E-state index contributed by atoms with van der Waals surface area (Å²) in [4.78, 5) is 11.3. The van der Waals surface area contributed by atoms with Gasteiger partial charge in [0.1, 0.15) is 5.60 Å². The fourth-order valence-corrected chi connectivity index (χ4v) is 4.74. The van der Waals surface area contributed by atoms with Crippen molar-refractivity contribution < 1.29 is 14.6 Å². The fourth-order valence-electron chi connectivity index (χ4n) is 4.74. The van der Waals surface area contributed by atoms with Gasteiger partial charge >= 0.3 is 5.97 Å². The Morgan fingerprint density at radius 3 is 2.65 bits per heavy atom. The first kappa shape index (κ1) is 15.8. The van der Waals surface area contributed by atoms with Crippen molar-refractivity contribution in [2.45, 2.75) is 71.8 Å². The zero-order chi connectivity index (χ0) is 15.0. The monoisotopic (exact) mass is 282 g/mol. The third-order valence-corrected chi connectivity index (χ3v) is 6.01. The summed E-state index contributed by atoms with van der Waals surface area (Å²) in [5.41, 5.74) is -0.000926. The molecule has 2 fully saturated rings. The number of hydrogen-bond acceptors (Lipinski definition) is 3. The van der Waals surface area contributed by atoms with Crippen LogP contribution in [0.1, 0.15) is 66.2 Å². The highest BCUT2D eigenvalue weighted by Gasteiger charge is 2.49. The number of ether oxygens (including phenoxy) is 1. The van der Waals surface area contributed by atoms with Crippen LogP contribution in [0.5, 0.6) is 0 Å². The molecule has 0 saturated heterocycles. The smallest absolute Gasteiger partial charge is 0.303 e. The molecule has 0 radical (unpaired) electrons. The molecule has 0 bridgehead atoms. The highest BCUT2D eigenvalue weighted by molar-refractivity contribution is 5.66. The molecule has 2 aliphatic carbocycles. The number of esters is 1. The van der Waals surface area contributed by atoms with Crippen LogP contribution in [0, 0.1) is 23.2 Å². The van der Waals surface area contributed by atoms with E-state index in [1.807, 2.05) is 13.8 Å². The molecule has 4 unspecified atom stereocenters. The molecule has 20 heavy (non-hydrogen) atoms. The van der Waals surface area contributed by atoms with E-state index in [0.717, 1.165) is 19.3 Å². The average Bonchev–Trinajstić information content (AvgIpc) is 2.35. The van der Waals surface area contributed by atoms with Gasteiger partial charge in [0.15, 0.2) is 0 Å². The zero-order valence-electron chi connectivity index (χ0n) is 13.4. The predicted molar refractivity (Wildman–Crippen MR) is 79.2 cm³/mol. The van der Waals surface area contributed by atoms with E-state index in [4.69, 9.17) is 4.74 Å². The number of rotatable bonds is 3. The van der Waals surface area contributed by atoms with Gasteiger partial charge in [-0.1, -0.05) is 13.3 Å². The van der Waals surface area contributed by atoms with Gasteiger partial charge in [0.05, 0.1) is 0 Å². The van der Waals surface area contributed by atoms with E-state index < -0.39 is 0 Å². The topological polar surface area (TPSA) is 46.5 Å². The molecule has 4 atom stereocenters. The SMILES string of the molecule is CC(=O)OC(C)(C)C1CCC2(C)CCCC(CO)C2C1. The Bertz CT molecular complexity index is 363. The minimum atomic E-state index is -0.384. The summed E-state index contributed by atoms with van der Waals surface area (Å²) < 4.78 is 5.56. The lowest BCUT2D eigenvalue weighted by atomic mass is 9.53. The summed E-state index contributed by atoms with van der Waals surface area (Å²) in [5.74, 6) is 1.24. The average molecular weight is 282 g/mol. The van der Waals surface area contributed by atoms with Crippen molar-refractivity contribution in [2.24, 2.45) is 23.2 Å². The molecule has 0 aromatic heterocycles. The molecule has 0 heterocycles. The van der Waals surface area contributed by atoms with Crippen LogP contribution in [0.15, 0.2) is 0 Å². The summed E-state index contributed by atoms with van der Waals surface area (Å²) in [7, 11) is 0. The molecule has 2 saturated carbocycles. The number of aliphatic hydroxyl groups is 1. The standard InChI is InChI=1S/C17H30O3/c1-12(19)20-16(2,3)14-7-9-17(4)8-5-6-13(11-18)15(17)10-14/h13-15,18H,5-11H2,1-4H3. The molecule has 0 aromatic carbocycles. The highest BCUT2D eigenvalue weighted by atomic mass is 16.6. The van der Waals surface area contributed by atoms with Crippen molar-refractivity contribution in [2.75, 3.05) is 6.61 Å². The molecule has 0 amide bonds. The Hall–Kier alpha value is -0.570. The molecule has 116 valence electrons. The molecule has 3 heteroatoms.